The Bertz CT molecular complexity index is 182. The van der Waals surface area contributed by atoms with E-state index in [0.717, 1.165) is 36.9 Å². The van der Waals surface area contributed by atoms with Crippen molar-refractivity contribution in [1.82, 2.24) is 21.3 Å². The van der Waals surface area contributed by atoms with Gasteiger partial charge in [0.05, 0.1) is 0 Å². The highest BCUT2D eigenvalue weighted by atomic mass is 32.1. The molecule has 7 heteroatoms. The minimum absolute atomic E-state index is 0.364. The molecular formula is C11H28N4S3. The molecule has 0 aliphatic rings. The van der Waals surface area contributed by atoms with Gasteiger partial charge >= 0.3 is 0 Å². The number of hydrogen-bond donors (Lipinski definition) is 7. The fraction of sp³-hybridized carbons (Fsp3) is 1.00. The van der Waals surface area contributed by atoms with Crippen molar-refractivity contribution in [3.05, 3.63) is 0 Å². The molecule has 0 bridgehead atoms. The summed E-state index contributed by atoms with van der Waals surface area (Å²) in [5.74, 6) is 2.47. The van der Waals surface area contributed by atoms with Gasteiger partial charge in [0, 0.05) is 55.0 Å². The molecule has 0 unspecified atom stereocenters. The molecule has 4 N–H and O–H groups in total. The predicted octanol–water partition coefficient (Wildman–Crippen LogP) is -0.500. The average Bonchev–Trinajstić information content (AvgIpc) is 2.41. The minimum atomic E-state index is 0.364. The fourth-order valence-corrected chi connectivity index (χ4v) is 2.35. The molecular weight excluding hydrogens is 284 g/mol. The van der Waals surface area contributed by atoms with Crippen LogP contribution in [0.3, 0.4) is 0 Å². The minimum Gasteiger partial charge on any atom is -0.318 e. The van der Waals surface area contributed by atoms with Crippen molar-refractivity contribution in [2.75, 3.05) is 51.0 Å². The van der Waals surface area contributed by atoms with Gasteiger partial charge in [0.1, 0.15) is 0 Å². The van der Waals surface area contributed by atoms with Gasteiger partial charge in [-0.05, 0) is 14.1 Å². The quantitative estimate of drug-likeness (QED) is 0.248. The second-order valence-electron chi connectivity index (χ2n) is 4.30. The zero-order chi connectivity index (χ0) is 13.8. The van der Waals surface area contributed by atoms with Crippen molar-refractivity contribution in [2.45, 2.75) is 18.1 Å². The SMILES string of the molecule is CNC[C@H](CS)NC[C@H](CS)NC[C@H](CS)NC. The summed E-state index contributed by atoms with van der Waals surface area (Å²) in [4.78, 5) is 0. The third kappa shape index (κ3) is 8.90. The molecule has 0 spiro atoms. The van der Waals surface area contributed by atoms with Gasteiger partial charge in [0.2, 0.25) is 0 Å². The van der Waals surface area contributed by atoms with Crippen LogP contribution in [0.25, 0.3) is 0 Å². The summed E-state index contributed by atoms with van der Waals surface area (Å²) < 4.78 is 0. The van der Waals surface area contributed by atoms with E-state index in [2.05, 4.69) is 59.2 Å². The molecule has 0 rings (SSSR count). The smallest absolute Gasteiger partial charge is 0.0281 e. The Morgan fingerprint density at radius 2 is 1.17 bits per heavy atom. The zero-order valence-electron chi connectivity index (χ0n) is 11.3. The first-order valence-electron chi connectivity index (χ1n) is 6.32. The van der Waals surface area contributed by atoms with Crippen LogP contribution in [0, 0.1) is 0 Å². The second kappa shape index (κ2) is 12.9. The third-order valence-corrected chi connectivity index (χ3v) is 4.15. The van der Waals surface area contributed by atoms with E-state index in [9.17, 15) is 0 Å². The van der Waals surface area contributed by atoms with Crippen LogP contribution in [0.2, 0.25) is 0 Å². The summed E-state index contributed by atoms with van der Waals surface area (Å²) in [6.07, 6.45) is 0. The number of nitrogens with one attached hydrogen (secondary N) is 4. The first-order valence-corrected chi connectivity index (χ1v) is 8.22. The van der Waals surface area contributed by atoms with E-state index in [1.54, 1.807) is 0 Å². The number of thiol groups is 3. The number of likely N-dealkylation sites (N-methyl/N-ethyl adjacent to an activating group) is 2. The van der Waals surface area contributed by atoms with Crippen LogP contribution >= 0.6 is 37.9 Å². The second-order valence-corrected chi connectivity index (χ2v) is 5.40. The maximum Gasteiger partial charge on any atom is 0.0281 e. The summed E-state index contributed by atoms with van der Waals surface area (Å²) in [5.41, 5.74) is 0. The first-order chi connectivity index (χ1) is 8.71. The summed E-state index contributed by atoms with van der Waals surface area (Å²) in [6, 6.07) is 1.16. The van der Waals surface area contributed by atoms with Crippen molar-refractivity contribution in [2.24, 2.45) is 0 Å². The standard InChI is InChI=1S/C11H28N4S3/c1-12-3-10(7-17)15-5-11(8-18)14-4-9(6-16)13-2/h9-18H,3-8H2,1-2H3/t9-,10-,11-/m1/s1. The van der Waals surface area contributed by atoms with Crippen molar-refractivity contribution in [1.29, 1.82) is 0 Å². The molecule has 4 nitrogen and oxygen atoms in total. The molecule has 0 aliphatic heterocycles. The lowest BCUT2D eigenvalue weighted by molar-refractivity contribution is 0.440. The van der Waals surface area contributed by atoms with Crippen LogP contribution in [0.1, 0.15) is 0 Å². The van der Waals surface area contributed by atoms with Gasteiger partial charge in [0.25, 0.3) is 0 Å². The van der Waals surface area contributed by atoms with E-state index in [-0.39, 0.29) is 0 Å². The molecule has 110 valence electrons. The molecule has 0 amide bonds. The molecule has 0 saturated heterocycles. The third-order valence-electron chi connectivity index (χ3n) is 2.83. The Morgan fingerprint density at radius 3 is 1.56 bits per heavy atom. The van der Waals surface area contributed by atoms with Crippen LogP contribution in [0.15, 0.2) is 0 Å². The highest BCUT2D eigenvalue weighted by Gasteiger charge is 2.11. The van der Waals surface area contributed by atoms with Crippen LogP contribution in [-0.2, 0) is 0 Å². The number of rotatable bonds is 12. The zero-order valence-corrected chi connectivity index (χ0v) is 14.0. The highest BCUT2D eigenvalue weighted by molar-refractivity contribution is 7.80. The molecule has 0 aromatic carbocycles. The molecule has 0 aromatic heterocycles. The molecule has 18 heavy (non-hydrogen) atoms. The van der Waals surface area contributed by atoms with Crippen LogP contribution in [0.4, 0.5) is 0 Å². The Kier molecular flexibility index (Phi) is 13.5. The molecule has 0 heterocycles. The Hall–Kier alpha value is 0.890. The van der Waals surface area contributed by atoms with Crippen molar-refractivity contribution < 1.29 is 0 Å². The van der Waals surface area contributed by atoms with Crippen molar-refractivity contribution >= 4 is 37.9 Å². The van der Waals surface area contributed by atoms with Gasteiger partial charge in [-0.25, -0.2) is 0 Å². The van der Waals surface area contributed by atoms with Gasteiger partial charge in [-0.15, -0.1) is 0 Å². The normalized spacial score (nSPS) is 16.5. The van der Waals surface area contributed by atoms with Crippen molar-refractivity contribution in [3.63, 3.8) is 0 Å². The van der Waals surface area contributed by atoms with E-state index in [0.29, 0.717) is 18.1 Å². The van der Waals surface area contributed by atoms with Gasteiger partial charge in [0.15, 0.2) is 0 Å². The van der Waals surface area contributed by atoms with Gasteiger partial charge < -0.3 is 21.3 Å². The van der Waals surface area contributed by atoms with Gasteiger partial charge in [-0.2, -0.15) is 37.9 Å². The summed E-state index contributed by atoms with van der Waals surface area (Å²) in [5, 5.41) is 13.4. The maximum atomic E-state index is 4.38. The van der Waals surface area contributed by atoms with Gasteiger partial charge in [-0.3, -0.25) is 0 Å². The first kappa shape index (κ1) is 18.9. The molecule has 3 atom stereocenters. The largest absolute Gasteiger partial charge is 0.318 e. The Balaban J connectivity index is 3.87. The Labute approximate surface area is 128 Å². The molecule has 0 radical (unpaired) electrons. The molecule has 0 aromatic rings. The van der Waals surface area contributed by atoms with Crippen LogP contribution < -0.4 is 21.3 Å². The topological polar surface area (TPSA) is 48.1 Å². The molecule has 0 fully saturated rings. The van der Waals surface area contributed by atoms with Crippen molar-refractivity contribution in [3.8, 4) is 0 Å². The maximum absolute atomic E-state index is 4.38. The highest BCUT2D eigenvalue weighted by Crippen LogP contribution is 1.92. The van der Waals surface area contributed by atoms with E-state index in [4.69, 9.17) is 0 Å². The van der Waals surface area contributed by atoms with E-state index in [1.165, 1.54) is 0 Å². The summed E-state index contributed by atoms with van der Waals surface area (Å²) in [6.45, 7) is 2.74. The number of hydrogen-bond acceptors (Lipinski definition) is 7. The van der Waals surface area contributed by atoms with E-state index in [1.807, 2.05) is 14.1 Å². The summed E-state index contributed by atoms with van der Waals surface area (Å²) in [7, 11) is 3.91. The molecule has 0 saturated carbocycles. The molecule has 0 aliphatic carbocycles. The lowest BCUT2D eigenvalue weighted by atomic mass is 10.2. The average molecular weight is 313 g/mol. The lowest BCUT2D eigenvalue weighted by Crippen LogP contribution is -2.50. The monoisotopic (exact) mass is 312 g/mol. The fourth-order valence-electron chi connectivity index (χ4n) is 1.52. The Morgan fingerprint density at radius 1 is 0.722 bits per heavy atom. The van der Waals surface area contributed by atoms with Crippen LogP contribution in [0.5, 0.6) is 0 Å². The predicted molar refractivity (Wildman–Crippen MR) is 91.9 cm³/mol. The lowest BCUT2D eigenvalue weighted by Gasteiger charge is -2.24. The van der Waals surface area contributed by atoms with E-state index >= 15 is 0 Å². The van der Waals surface area contributed by atoms with E-state index < -0.39 is 0 Å². The van der Waals surface area contributed by atoms with Crippen LogP contribution in [-0.4, -0.2) is 69.1 Å². The summed E-state index contributed by atoms with van der Waals surface area (Å²) >= 11 is 13.0. The van der Waals surface area contributed by atoms with Gasteiger partial charge in [-0.1, -0.05) is 0 Å².